The molecule has 0 unspecified atom stereocenters. The van der Waals surface area contributed by atoms with Crippen molar-refractivity contribution in [3.63, 3.8) is 0 Å². The Hall–Kier alpha value is -2.38. The van der Waals surface area contributed by atoms with E-state index >= 15 is 0 Å². The maximum atomic E-state index is 12.4. The van der Waals surface area contributed by atoms with Gasteiger partial charge in [-0.25, -0.2) is 13.9 Å². The number of hydrogen-bond acceptors (Lipinski definition) is 4. The standard InChI is InChI=1S/C17H20N2O4S/c1-17(2,3)13-6-8-14(9-7-13)19-24(22,23)15-10-4-12(5-11-15)16(20)18-21/h4-11,19,21H,1-3H3,(H,18,20). The summed E-state index contributed by atoms with van der Waals surface area (Å²) in [4.78, 5) is 11.3. The molecular formula is C17H20N2O4S. The van der Waals surface area contributed by atoms with Crippen LogP contribution >= 0.6 is 0 Å². The van der Waals surface area contributed by atoms with Crippen LogP contribution in [0, 0.1) is 0 Å². The molecule has 0 bridgehead atoms. The zero-order chi connectivity index (χ0) is 18.0. The van der Waals surface area contributed by atoms with Crippen molar-refractivity contribution in [2.45, 2.75) is 31.1 Å². The normalized spacial score (nSPS) is 11.8. The summed E-state index contributed by atoms with van der Waals surface area (Å²) in [6.45, 7) is 6.24. The highest BCUT2D eigenvalue weighted by atomic mass is 32.2. The molecule has 2 aromatic rings. The minimum Gasteiger partial charge on any atom is -0.288 e. The van der Waals surface area contributed by atoms with Gasteiger partial charge < -0.3 is 0 Å². The number of anilines is 1. The van der Waals surface area contributed by atoms with Gasteiger partial charge in [0.2, 0.25) is 0 Å². The Bertz CT molecular complexity index is 820. The van der Waals surface area contributed by atoms with Crippen LogP contribution < -0.4 is 10.2 Å². The molecule has 0 aliphatic carbocycles. The molecule has 0 heterocycles. The molecule has 2 aromatic carbocycles. The molecular weight excluding hydrogens is 328 g/mol. The Morgan fingerprint density at radius 1 is 0.958 bits per heavy atom. The summed E-state index contributed by atoms with van der Waals surface area (Å²) in [6, 6.07) is 12.4. The van der Waals surface area contributed by atoms with Crippen molar-refractivity contribution < 1.29 is 18.4 Å². The number of rotatable bonds is 4. The van der Waals surface area contributed by atoms with E-state index in [1.54, 1.807) is 12.1 Å². The maximum absolute atomic E-state index is 12.4. The third-order valence-corrected chi connectivity index (χ3v) is 4.93. The molecule has 0 aromatic heterocycles. The van der Waals surface area contributed by atoms with Crippen molar-refractivity contribution in [2.75, 3.05) is 4.72 Å². The van der Waals surface area contributed by atoms with E-state index in [0.717, 1.165) is 5.56 Å². The van der Waals surface area contributed by atoms with E-state index in [4.69, 9.17) is 5.21 Å². The Morgan fingerprint density at radius 3 is 1.96 bits per heavy atom. The molecule has 128 valence electrons. The summed E-state index contributed by atoms with van der Waals surface area (Å²) in [5.41, 5.74) is 3.20. The molecule has 7 heteroatoms. The molecule has 2 rings (SSSR count). The summed E-state index contributed by atoms with van der Waals surface area (Å²) in [5, 5.41) is 8.56. The molecule has 3 N–H and O–H groups in total. The molecule has 0 fully saturated rings. The first-order valence-electron chi connectivity index (χ1n) is 7.31. The van der Waals surface area contributed by atoms with Gasteiger partial charge in [0.15, 0.2) is 0 Å². The molecule has 0 radical (unpaired) electrons. The summed E-state index contributed by atoms with van der Waals surface area (Å²) < 4.78 is 27.2. The number of carbonyl (C=O) groups is 1. The van der Waals surface area contributed by atoms with Crippen LogP contribution in [-0.2, 0) is 15.4 Å². The van der Waals surface area contributed by atoms with Crippen LogP contribution in [-0.4, -0.2) is 19.5 Å². The van der Waals surface area contributed by atoms with E-state index in [0.29, 0.717) is 5.69 Å². The zero-order valence-corrected chi connectivity index (χ0v) is 14.5. The molecule has 0 aliphatic rings. The Kier molecular flexibility index (Phi) is 4.96. The molecule has 0 atom stereocenters. The van der Waals surface area contributed by atoms with Gasteiger partial charge in [-0.05, 0) is 47.4 Å². The lowest BCUT2D eigenvalue weighted by molar-refractivity contribution is 0.0706. The maximum Gasteiger partial charge on any atom is 0.274 e. The van der Waals surface area contributed by atoms with E-state index in [-0.39, 0.29) is 15.9 Å². The molecule has 0 saturated carbocycles. The molecule has 0 spiro atoms. The highest BCUT2D eigenvalue weighted by Gasteiger charge is 2.17. The Balaban J connectivity index is 2.20. The largest absolute Gasteiger partial charge is 0.288 e. The van der Waals surface area contributed by atoms with Crippen LogP contribution in [0.15, 0.2) is 53.4 Å². The van der Waals surface area contributed by atoms with Gasteiger partial charge >= 0.3 is 0 Å². The molecule has 1 amide bonds. The predicted octanol–water partition coefficient (Wildman–Crippen LogP) is 2.90. The van der Waals surface area contributed by atoms with Crippen LogP contribution in [0.4, 0.5) is 5.69 Å². The van der Waals surface area contributed by atoms with Crippen LogP contribution in [0.3, 0.4) is 0 Å². The first kappa shape index (κ1) is 18.0. The van der Waals surface area contributed by atoms with Gasteiger partial charge in [0.05, 0.1) is 4.90 Å². The minimum atomic E-state index is -3.76. The van der Waals surface area contributed by atoms with E-state index in [2.05, 4.69) is 25.5 Å². The van der Waals surface area contributed by atoms with E-state index in [1.807, 2.05) is 12.1 Å². The van der Waals surface area contributed by atoms with Gasteiger partial charge in [-0.1, -0.05) is 32.9 Å². The zero-order valence-electron chi connectivity index (χ0n) is 13.7. The van der Waals surface area contributed by atoms with Gasteiger partial charge in [0.25, 0.3) is 15.9 Å². The van der Waals surface area contributed by atoms with Gasteiger partial charge in [0, 0.05) is 11.3 Å². The average Bonchev–Trinajstić information content (AvgIpc) is 2.53. The summed E-state index contributed by atoms with van der Waals surface area (Å²) in [6.07, 6.45) is 0. The second-order valence-electron chi connectivity index (χ2n) is 6.40. The number of hydroxylamine groups is 1. The second kappa shape index (κ2) is 6.62. The summed E-state index contributed by atoms with van der Waals surface area (Å²) in [5.74, 6) is -0.704. The predicted molar refractivity (Wildman–Crippen MR) is 91.6 cm³/mol. The van der Waals surface area contributed by atoms with E-state index in [9.17, 15) is 13.2 Å². The third-order valence-electron chi connectivity index (χ3n) is 3.53. The Morgan fingerprint density at radius 2 is 1.50 bits per heavy atom. The minimum absolute atomic E-state index is 0.0134. The van der Waals surface area contributed by atoms with Crippen LogP contribution in [0.25, 0.3) is 0 Å². The first-order valence-corrected chi connectivity index (χ1v) is 8.80. The van der Waals surface area contributed by atoms with Gasteiger partial charge in [-0.3, -0.25) is 14.7 Å². The summed E-state index contributed by atoms with van der Waals surface area (Å²) >= 11 is 0. The SMILES string of the molecule is CC(C)(C)c1ccc(NS(=O)(=O)c2ccc(C(=O)NO)cc2)cc1. The van der Waals surface area contributed by atoms with Gasteiger partial charge in [0.1, 0.15) is 0 Å². The Labute approximate surface area is 141 Å². The van der Waals surface area contributed by atoms with Crippen molar-refractivity contribution in [3.8, 4) is 0 Å². The molecule has 0 aliphatic heterocycles. The quantitative estimate of drug-likeness (QED) is 0.585. The van der Waals surface area contributed by atoms with Crippen LogP contribution in [0.1, 0.15) is 36.7 Å². The third kappa shape index (κ3) is 4.12. The van der Waals surface area contributed by atoms with Crippen molar-refractivity contribution >= 4 is 21.6 Å². The number of benzene rings is 2. The highest BCUT2D eigenvalue weighted by Crippen LogP contribution is 2.24. The smallest absolute Gasteiger partial charge is 0.274 e. The van der Waals surface area contributed by atoms with Crippen molar-refractivity contribution in [1.29, 1.82) is 0 Å². The number of carbonyl (C=O) groups excluding carboxylic acids is 1. The first-order chi connectivity index (χ1) is 11.1. The average molecular weight is 348 g/mol. The fourth-order valence-corrected chi connectivity index (χ4v) is 3.16. The lowest BCUT2D eigenvalue weighted by atomic mass is 9.87. The highest BCUT2D eigenvalue weighted by molar-refractivity contribution is 7.92. The fourth-order valence-electron chi connectivity index (χ4n) is 2.10. The number of amides is 1. The van der Waals surface area contributed by atoms with E-state index < -0.39 is 15.9 Å². The number of nitrogens with one attached hydrogen (secondary N) is 2. The topological polar surface area (TPSA) is 95.5 Å². The van der Waals surface area contributed by atoms with Gasteiger partial charge in [-0.2, -0.15) is 0 Å². The van der Waals surface area contributed by atoms with E-state index in [1.165, 1.54) is 29.7 Å². The second-order valence-corrected chi connectivity index (χ2v) is 8.08. The fraction of sp³-hybridized carbons (Fsp3) is 0.235. The molecule has 0 saturated heterocycles. The van der Waals surface area contributed by atoms with Crippen LogP contribution in [0.2, 0.25) is 0 Å². The van der Waals surface area contributed by atoms with Crippen molar-refractivity contribution in [1.82, 2.24) is 5.48 Å². The monoisotopic (exact) mass is 348 g/mol. The van der Waals surface area contributed by atoms with Crippen molar-refractivity contribution in [2.24, 2.45) is 0 Å². The summed E-state index contributed by atoms with van der Waals surface area (Å²) in [7, 11) is -3.76. The number of hydrogen-bond donors (Lipinski definition) is 3. The molecule has 24 heavy (non-hydrogen) atoms. The van der Waals surface area contributed by atoms with Gasteiger partial charge in [-0.15, -0.1) is 0 Å². The van der Waals surface area contributed by atoms with Crippen molar-refractivity contribution in [3.05, 3.63) is 59.7 Å². The lowest BCUT2D eigenvalue weighted by Gasteiger charge is -2.19. The van der Waals surface area contributed by atoms with Crippen LogP contribution in [0.5, 0.6) is 0 Å². The number of sulfonamides is 1. The lowest BCUT2D eigenvalue weighted by Crippen LogP contribution is -2.19. The molecule has 6 nitrogen and oxygen atoms in total.